The molecule has 1 atom stereocenters. The molecule has 1 aromatic carbocycles. The SMILES string of the molecule is CCNC(c1ccccn1)c1cccc(F)c1F. The molecular weight excluding hydrogens is 234 g/mol. The first-order valence-corrected chi connectivity index (χ1v) is 5.82. The lowest BCUT2D eigenvalue weighted by atomic mass is 10.0. The van der Waals surface area contributed by atoms with Crippen molar-refractivity contribution in [3.05, 3.63) is 65.5 Å². The lowest BCUT2D eigenvalue weighted by Crippen LogP contribution is -2.24. The normalized spacial score (nSPS) is 12.4. The summed E-state index contributed by atoms with van der Waals surface area (Å²) in [5, 5.41) is 3.11. The van der Waals surface area contributed by atoms with Crippen LogP contribution in [0.2, 0.25) is 0 Å². The van der Waals surface area contributed by atoms with Gasteiger partial charge in [-0.3, -0.25) is 4.98 Å². The summed E-state index contributed by atoms with van der Waals surface area (Å²) in [7, 11) is 0. The number of halogens is 2. The number of hydrogen-bond acceptors (Lipinski definition) is 2. The summed E-state index contributed by atoms with van der Waals surface area (Å²) in [5.74, 6) is -1.67. The van der Waals surface area contributed by atoms with Crippen LogP contribution in [-0.4, -0.2) is 11.5 Å². The van der Waals surface area contributed by atoms with Gasteiger partial charge < -0.3 is 5.32 Å². The van der Waals surface area contributed by atoms with Gasteiger partial charge in [-0.05, 0) is 24.7 Å². The highest BCUT2D eigenvalue weighted by Crippen LogP contribution is 2.24. The van der Waals surface area contributed by atoms with E-state index >= 15 is 0 Å². The molecular formula is C14H14F2N2. The summed E-state index contributed by atoms with van der Waals surface area (Å²) in [6.07, 6.45) is 1.64. The molecule has 0 radical (unpaired) electrons. The van der Waals surface area contributed by atoms with Crippen LogP contribution in [0.1, 0.15) is 24.2 Å². The van der Waals surface area contributed by atoms with E-state index in [9.17, 15) is 8.78 Å². The monoisotopic (exact) mass is 248 g/mol. The summed E-state index contributed by atoms with van der Waals surface area (Å²) in [4.78, 5) is 4.19. The third-order valence-corrected chi connectivity index (χ3v) is 2.68. The fraction of sp³-hybridized carbons (Fsp3) is 0.214. The Labute approximate surface area is 105 Å². The molecule has 0 fully saturated rings. The molecule has 0 bridgehead atoms. The van der Waals surface area contributed by atoms with Crippen molar-refractivity contribution in [1.82, 2.24) is 10.3 Å². The first-order valence-electron chi connectivity index (χ1n) is 5.82. The fourth-order valence-electron chi connectivity index (χ4n) is 1.87. The Kier molecular flexibility index (Phi) is 3.99. The predicted octanol–water partition coefficient (Wildman–Crippen LogP) is 3.06. The molecule has 18 heavy (non-hydrogen) atoms. The summed E-state index contributed by atoms with van der Waals surface area (Å²) < 4.78 is 27.1. The third-order valence-electron chi connectivity index (χ3n) is 2.68. The third kappa shape index (κ3) is 2.54. The number of benzene rings is 1. The first-order chi connectivity index (χ1) is 8.74. The average Bonchev–Trinajstić information content (AvgIpc) is 2.41. The minimum absolute atomic E-state index is 0.274. The molecule has 94 valence electrons. The van der Waals surface area contributed by atoms with Crippen LogP contribution in [0.15, 0.2) is 42.6 Å². The molecule has 0 saturated carbocycles. The Bertz CT molecular complexity index is 514. The molecule has 1 N–H and O–H groups in total. The molecule has 1 unspecified atom stereocenters. The molecule has 0 spiro atoms. The van der Waals surface area contributed by atoms with Crippen LogP contribution in [0.25, 0.3) is 0 Å². The molecule has 1 aromatic heterocycles. The van der Waals surface area contributed by atoms with E-state index in [-0.39, 0.29) is 5.56 Å². The second kappa shape index (κ2) is 5.69. The molecule has 2 nitrogen and oxygen atoms in total. The van der Waals surface area contributed by atoms with Gasteiger partial charge >= 0.3 is 0 Å². The molecule has 4 heteroatoms. The number of aromatic nitrogens is 1. The zero-order valence-electron chi connectivity index (χ0n) is 10.0. The average molecular weight is 248 g/mol. The van der Waals surface area contributed by atoms with Crippen molar-refractivity contribution in [3.63, 3.8) is 0 Å². The Morgan fingerprint density at radius 2 is 2.00 bits per heavy atom. The summed E-state index contributed by atoms with van der Waals surface area (Å²) in [6.45, 7) is 2.55. The largest absolute Gasteiger partial charge is 0.305 e. The van der Waals surface area contributed by atoms with E-state index in [1.807, 2.05) is 13.0 Å². The number of hydrogen-bond donors (Lipinski definition) is 1. The minimum Gasteiger partial charge on any atom is -0.305 e. The number of pyridine rings is 1. The van der Waals surface area contributed by atoms with E-state index in [1.54, 1.807) is 24.4 Å². The van der Waals surface area contributed by atoms with Crippen molar-refractivity contribution in [3.8, 4) is 0 Å². The maximum absolute atomic E-state index is 13.8. The van der Waals surface area contributed by atoms with E-state index < -0.39 is 17.7 Å². The van der Waals surface area contributed by atoms with Gasteiger partial charge in [-0.25, -0.2) is 8.78 Å². The Balaban J connectivity index is 2.45. The smallest absolute Gasteiger partial charge is 0.163 e. The molecule has 1 heterocycles. The zero-order chi connectivity index (χ0) is 13.0. The minimum atomic E-state index is -0.841. The summed E-state index contributed by atoms with van der Waals surface area (Å²) in [5.41, 5.74) is 0.944. The van der Waals surface area contributed by atoms with Crippen LogP contribution in [0.3, 0.4) is 0 Å². The summed E-state index contributed by atoms with van der Waals surface area (Å²) in [6, 6.07) is 9.14. The standard InChI is InChI=1S/C14H14F2N2/c1-2-17-14(12-8-3-4-9-18-12)10-6-5-7-11(15)13(10)16/h3-9,14,17H,2H2,1H3. The quantitative estimate of drug-likeness (QED) is 0.899. The van der Waals surface area contributed by atoms with Crippen molar-refractivity contribution in [1.29, 1.82) is 0 Å². The second-order valence-corrected chi connectivity index (χ2v) is 3.89. The molecule has 0 aliphatic carbocycles. The number of rotatable bonds is 4. The van der Waals surface area contributed by atoms with Crippen LogP contribution in [0, 0.1) is 11.6 Å². The maximum atomic E-state index is 13.8. The van der Waals surface area contributed by atoms with Gasteiger partial charge in [0, 0.05) is 11.8 Å². The molecule has 0 amide bonds. The van der Waals surface area contributed by atoms with Crippen molar-refractivity contribution < 1.29 is 8.78 Å². The maximum Gasteiger partial charge on any atom is 0.163 e. The second-order valence-electron chi connectivity index (χ2n) is 3.89. The highest BCUT2D eigenvalue weighted by Gasteiger charge is 2.19. The van der Waals surface area contributed by atoms with Crippen LogP contribution in [-0.2, 0) is 0 Å². The van der Waals surface area contributed by atoms with E-state index in [4.69, 9.17) is 0 Å². The zero-order valence-corrected chi connectivity index (χ0v) is 10.0. The van der Waals surface area contributed by atoms with Gasteiger partial charge in [-0.1, -0.05) is 25.1 Å². The van der Waals surface area contributed by atoms with Gasteiger partial charge in [0.15, 0.2) is 11.6 Å². The van der Waals surface area contributed by atoms with Crippen LogP contribution >= 0.6 is 0 Å². The topological polar surface area (TPSA) is 24.9 Å². The van der Waals surface area contributed by atoms with Crippen molar-refractivity contribution in [2.75, 3.05) is 6.54 Å². The molecule has 2 rings (SSSR count). The van der Waals surface area contributed by atoms with Crippen LogP contribution in [0.4, 0.5) is 8.78 Å². The lowest BCUT2D eigenvalue weighted by Gasteiger charge is -2.18. The summed E-state index contributed by atoms with van der Waals surface area (Å²) >= 11 is 0. The Hall–Kier alpha value is -1.81. The van der Waals surface area contributed by atoms with E-state index in [0.717, 1.165) is 6.07 Å². The van der Waals surface area contributed by atoms with E-state index in [1.165, 1.54) is 6.07 Å². The van der Waals surface area contributed by atoms with E-state index in [0.29, 0.717) is 12.2 Å². The molecule has 2 aromatic rings. The predicted molar refractivity (Wildman–Crippen MR) is 66.1 cm³/mol. The van der Waals surface area contributed by atoms with Gasteiger partial charge in [0.2, 0.25) is 0 Å². The molecule has 0 aliphatic heterocycles. The number of nitrogens with zero attached hydrogens (tertiary/aromatic N) is 1. The van der Waals surface area contributed by atoms with Gasteiger partial charge in [-0.15, -0.1) is 0 Å². The van der Waals surface area contributed by atoms with Crippen molar-refractivity contribution in [2.45, 2.75) is 13.0 Å². The lowest BCUT2D eigenvalue weighted by molar-refractivity contribution is 0.481. The van der Waals surface area contributed by atoms with Gasteiger partial charge in [0.05, 0.1) is 11.7 Å². The van der Waals surface area contributed by atoms with Crippen LogP contribution < -0.4 is 5.32 Å². The van der Waals surface area contributed by atoms with E-state index in [2.05, 4.69) is 10.3 Å². The molecule has 0 saturated heterocycles. The number of nitrogens with one attached hydrogen (secondary N) is 1. The fourth-order valence-corrected chi connectivity index (χ4v) is 1.87. The Morgan fingerprint density at radius 1 is 1.17 bits per heavy atom. The first kappa shape index (κ1) is 12.6. The highest BCUT2D eigenvalue weighted by molar-refractivity contribution is 5.29. The Morgan fingerprint density at radius 3 is 2.67 bits per heavy atom. The van der Waals surface area contributed by atoms with Gasteiger partial charge in [0.1, 0.15) is 0 Å². The highest BCUT2D eigenvalue weighted by atomic mass is 19.2. The van der Waals surface area contributed by atoms with Crippen LogP contribution in [0.5, 0.6) is 0 Å². The van der Waals surface area contributed by atoms with Crippen molar-refractivity contribution >= 4 is 0 Å². The molecule has 0 aliphatic rings. The van der Waals surface area contributed by atoms with Gasteiger partial charge in [0.25, 0.3) is 0 Å². The van der Waals surface area contributed by atoms with Crippen molar-refractivity contribution in [2.24, 2.45) is 0 Å². The van der Waals surface area contributed by atoms with Gasteiger partial charge in [-0.2, -0.15) is 0 Å².